The van der Waals surface area contributed by atoms with Crippen molar-refractivity contribution in [3.05, 3.63) is 66.1 Å². The first kappa shape index (κ1) is 17.0. The van der Waals surface area contributed by atoms with Crippen molar-refractivity contribution in [2.75, 3.05) is 6.61 Å². The molecular weight excluding hydrogens is 318 g/mol. The Morgan fingerprint density at radius 2 is 2.20 bits per heavy atom. The molecule has 1 aromatic carbocycles. The fourth-order valence-electron chi connectivity index (χ4n) is 2.49. The fraction of sp³-hybridized carbons (Fsp3) is 0.263. The average molecular weight is 339 g/mol. The molecule has 2 N–H and O–H groups in total. The van der Waals surface area contributed by atoms with Crippen molar-refractivity contribution in [3.63, 3.8) is 0 Å². The van der Waals surface area contributed by atoms with Gasteiger partial charge >= 0.3 is 0 Å². The predicted octanol–water partition coefficient (Wildman–Crippen LogP) is 2.41. The van der Waals surface area contributed by atoms with E-state index < -0.39 is 0 Å². The van der Waals surface area contributed by atoms with Gasteiger partial charge in [0.1, 0.15) is 18.0 Å². The van der Waals surface area contributed by atoms with Crippen LogP contribution in [-0.4, -0.2) is 33.0 Å². The van der Waals surface area contributed by atoms with Gasteiger partial charge in [-0.25, -0.2) is 4.98 Å². The summed E-state index contributed by atoms with van der Waals surface area (Å²) in [5, 5.41) is 12.0. The molecule has 25 heavy (non-hydrogen) atoms. The van der Waals surface area contributed by atoms with E-state index in [1.54, 1.807) is 24.3 Å². The SMILES string of the molecule is CCC(CO)NC(=O)c1cccc(OCc2cn3ccccc3n2)c1. The molecule has 3 aromatic rings. The minimum absolute atomic E-state index is 0.0771. The first-order valence-corrected chi connectivity index (χ1v) is 8.26. The molecule has 0 aliphatic heterocycles. The second-order valence-corrected chi connectivity index (χ2v) is 5.78. The maximum atomic E-state index is 12.2. The molecule has 3 rings (SSSR count). The summed E-state index contributed by atoms with van der Waals surface area (Å²) in [7, 11) is 0. The molecule has 1 amide bonds. The lowest BCUT2D eigenvalue weighted by molar-refractivity contribution is 0.0914. The summed E-state index contributed by atoms with van der Waals surface area (Å²) >= 11 is 0. The zero-order valence-corrected chi connectivity index (χ0v) is 14.1. The van der Waals surface area contributed by atoms with E-state index in [4.69, 9.17) is 4.74 Å². The number of imidazole rings is 1. The number of nitrogens with one attached hydrogen (secondary N) is 1. The Labute approximate surface area is 146 Å². The van der Waals surface area contributed by atoms with E-state index in [9.17, 15) is 9.90 Å². The number of aliphatic hydroxyl groups is 1. The number of pyridine rings is 1. The van der Waals surface area contributed by atoms with Crippen LogP contribution in [0.5, 0.6) is 5.75 Å². The Bertz CT molecular complexity index is 823. The quantitative estimate of drug-likeness (QED) is 0.693. The molecule has 2 heterocycles. The topological polar surface area (TPSA) is 75.9 Å². The van der Waals surface area contributed by atoms with Crippen LogP contribution in [0.3, 0.4) is 0 Å². The average Bonchev–Trinajstić information content (AvgIpc) is 3.07. The third-order valence-electron chi connectivity index (χ3n) is 3.95. The van der Waals surface area contributed by atoms with Gasteiger partial charge in [-0.1, -0.05) is 19.1 Å². The molecule has 2 aromatic heterocycles. The first-order chi connectivity index (χ1) is 12.2. The first-order valence-electron chi connectivity index (χ1n) is 8.26. The van der Waals surface area contributed by atoms with Gasteiger partial charge < -0.3 is 19.6 Å². The Balaban J connectivity index is 1.66. The molecule has 130 valence electrons. The third-order valence-corrected chi connectivity index (χ3v) is 3.95. The van der Waals surface area contributed by atoms with Crippen molar-refractivity contribution in [2.24, 2.45) is 0 Å². The highest BCUT2D eigenvalue weighted by Crippen LogP contribution is 2.16. The molecule has 1 atom stereocenters. The number of hydrogen-bond acceptors (Lipinski definition) is 4. The number of carbonyl (C=O) groups is 1. The van der Waals surface area contributed by atoms with Crippen molar-refractivity contribution in [1.29, 1.82) is 0 Å². The van der Waals surface area contributed by atoms with Gasteiger partial charge in [-0.2, -0.15) is 0 Å². The molecule has 6 nitrogen and oxygen atoms in total. The maximum Gasteiger partial charge on any atom is 0.251 e. The number of rotatable bonds is 7. The van der Waals surface area contributed by atoms with Crippen LogP contribution >= 0.6 is 0 Å². The van der Waals surface area contributed by atoms with E-state index in [1.165, 1.54) is 0 Å². The van der Waals surface area contributed by atoms with Crippen molar-refractivity contribution in [1.82, 2.24) is 14.7 Å². The predicted molar refractivity (Wildman–Crippen MR) is 94.6 cm³/mol. The monoisotopic (exact) mass is 339 g/mol. The van der Waals surface area contributed by atoms with Gasteiger partial charge in [-0.15, -0.1) is 0 Å². The number of aliphatic hydroxyl groups excluding tert-OH is 1. The second-order valence-electron chi connectivity index (χ2n) is 5.78. The van der Waals surface area contributed by atoms with Crippen molar-refractivity contribution in [2.45, 2.75) is 26.0 Å². The van der Waals surface area contributed by atoms with Gasteiger partial charge in [-0.05, 0) is 36.8 Å². The van der Waals surface area contributed by atoms with Crippen LogP contribution in [0.1, 0.15) is 29.4 Å². The van der Waals surface area contributed by atoms with Crippen molar-refractivity contribution < 1.29 is 14.6 Å². The minimum Gasteiger partial charge on any atom is -0.487 e. The van der Waals surface area contributed by atoms with E-state index in [0.717, 1.165) is 11.3 Å². The number of ether oxygens (including phenoxy) is 1. The zero-order valence-electron chi connectivity index (χ0n) is 14.1. The molecule has 6 heteroatoms. The summed E-state index contributed by atoms with van der Waals surface area (Å²) in [5.74, 6) is 0.376. The molecule has 0 aliphatic carbocycles. The Hall–Kier alpha value is -2.86. The van der Waals surface area contributed by atoms with E-state index in [2.05, 4.69) is 10.3 Å². The summed E-state index contributed by atoms with van der Waals surface area (Å²) in [6.45, 7) is 2.16. The molecular formula is C19H21N3O3. The fourth-order valence-corrected chi connectivity index (χ4v) is 2.49. The maximum absolute atomic E-state index is 12.2. The van der Waals surface area contributed by atoms with Crippen LogP contribution in [0.2, 0.25) is 0 Å². The van der Waals surface area contributed by atoms with Crippen LogP contribution < -0.4 is 10.1 Å². The molecule has 0 aliphatic rings. The number of amides is 1. The molecule has 0 spiro atoms. The number of hydrogen-bond donors (Lipinski definition) is 2. The molecule has 0 radical (unpaired) electrons. The van der Waals surface area contributed by atoms with Crippen molar-refractivity contribution >= 4 is 11.6 Å². The highest BCUT2D eigenvalue weighted by molar-refractivity contribution is 5.94. The lowest BCUT2D eigenvalue weighted by Crippen LogP contribution is -2.36. The van der Waals surface area contributed by atoms with Gasteiger partial charge in [0.2, 0.25) is 0 Å². The number of nitrogens with zero attached hydrogens (tertiary/aromatic N) is 2. The van der Waals surface area contributed by atoms with Gasteiger partial charge in [0.25, 0.3) is 5.91 Å². The van der Waals surface area contributed by atoms with E-state index in [1.807, 2.05) is 41.9 Å². The summed E-state index contributed by atoms with van der Waals surface area (Å²) in [6.07, 6.45) is 4.52. The van der Waals surface area contributed by atoms with Crippen LogP contribution in [0, 0.1) is 0 Å². The highest BCUT2D eigenvalue weighted by Gasteiger charge is 2.12. The molecule has 0 fully saturated rings. The number of fused-ring (bicyclic) bond motifs is 1. The number of aromatic nitrogens is 2. The minimum atomic E-state index is -0.241. The van der Waals surface area contributed by atoms with Crippen molar-refractivity contribution in [3.8, 4) is 5.75 Å². The third kappa shape index (κ3) is 4.16. The number of benzene rings is 1. The van der Waals surface area contributed by atoms with Crippen LogP contribution in [0.4, 0.5) is 0 Å². The lowest BCUT2D eigenvalue weighted by Gasteiger charge is -2.14. The van der Waals surface area contributed by atoms with Crippen LogP contribution in [0.25, 0.3) is 5.65 Å². The van der Waals surface area contributed by atoms with Crippen LogP contribution in [0.15, 0.2) is 54.9 Å². The Morgan fingerprint density at radius 3 is 2.96 bits per heavy atom. The summed E-state index contributed by atoms with van der Waals surface area (Å²) in [4.78, 5) is 16.7. The summed E-state index contributed by atoms with van der Waals surface area (Å²) in [6, 6.07) is 12.5. The molecule has 0 bridgehead atoms. The van der Waals surface area contributed by atoms with E-state index in [-0.39, 0.29) is 18.6 Å². The standard InChI is InChI=1S/C19H21N3O3/c1-2-15(12-23)21-19(24)14-6-5-7-17(10-14)25-13-16-11-22-9-4-3-8-18(22)20-16/h3-11,15,23H,2,12-13H2,1H3,(H,21,24). The van der Waals surface area contributed by atoms with Gasteiger partial charge in [0.05, 0.1) is 18.3 Å². The van der Waals surface area contributed by atoms with Gasteiger partial charge in [-0.3, -0.25) is 4.79 Å². The second kappa shape index (κ2) is 7.81. The van der Waals surface area contributed by atoms with E-state index in [0.29, 0.717) is 24.3 Å². The summed E-state index contributed by atoms with van der Waals surface area (Å²) < 4.78 is 7.70. The molecule has 0 saturated heterocycles. The zero-order chi connectivity index (χ0) is 17.6. The smallest absolute Gasteiger partial charge is 0.251 e. The van der Waals surface area contributed by atoms with Gasteiger partial charge in [0, 0.05) is 18.0 Å². The normalized spacial score (nSPS) is 12.1. The Kier molecular flexibility index (Phi) is 5.30. The summed E-state index contributed by atoms with van der Waals surface area (Å²) in [5.41, 5.74) is 2.18. The Morgan fingerprint density at radius 1 is 1.32 bits per heavy atom. The molecule has 1 unspecified atom stereocenters. The number of carbonyl (C=O) groups excluding carboxylic acids is 1. The highest BCUT2D eigenvalue weighted by atomic mass is 16.5. The van der Waals surface area contributed by atoms with Gasteiger partial charge in [0.15, 0.2) is 0 Å². The molecule has 0 saturated carbocycles. The van der Waals surface area contributed by atoms with E-state index >= 15 is 0 Å². The largest absolute Gasteiger partial charge is 0.487 e. The lowest BCUT2D eigenvalue weighted by atomic mass is 10.1. The van der Waals surface area contributed by atoms with Crippen LogP contribution in [-0.2, 0) is 6.61 Å².